The third-order valence-corrected chi connectivity index (χ3v) is 1.62. The van der Waals surface area contributed by atoms with Gasteiger partial charge in [-0.15, -0.1) is 6.58 Å². The highest BCUT2D eigenvalue weighted by molar-refractivity contribution is 5.23. The zero-order chi connectivity index (χ0) is 9.68. The van der Waals surface area contributed by atoms with Crippen molar-refractivity contribution in [1.29, 1.82) is 0 Å². The van der Waals surface area contributed by atoms with Crippen molar-refractivity contribution in [3.05, 3.63) is 42.2 Å². The van der Waals surface area contributed by atoms with Crippen LogP contribution in [0.2, 0.25) is 0 Å². The monoisotopic (exact) mass is 180 g/mol. The Bertz CT molecular complexity index is 294. The van der Waals surface area contributed by atoms with E-state index in [1.807, 2.05) is 6.92 Å². The minimum absolute atomic E-state index is 0.309. The summed E-state index contributed by atoms with van der Waals surface area (Å²) in [4.78, 5) is 0. The Kier molecular flexibility index (Phi) is 3.50. The average Bonchev–Trinajstić information content (AvgIpc) is 2.08. The second kappa shape index (κ2) is 4.65. The van der Waals surface area contributed by atoms with Crippen LogP contribution in [0.15, 0.2) is 36.4 Å². The first-order valence-corrected chi connectivity index (χ1v) is 4.22. The molecule has 2 heteroatoms. The molecule has 1 aromatic carbocycles. The highest BCUT2D eigenvalue weighted by Crippen LogP contribution is 2.15. The lowest BCUT2D eigenvalue weighted by atomic mass is 10.2. The second-order valence-corrected chi connectivity index (χ2v) is 2.99. The van der Waals surface area contributed by atoms with Gasteiger partial charge in [-0.1, -0.05) is 17.7 Å². The van der Waals surface area contributed by atoms with Crippen LogP contribution in [0.3, 0.4) is 0 Å². The second-order valence-electron chi connectivity index (χ2n) is 2.99. The minimum atomic E-state index is -0.316. The molecular weight excluding hydrogens is 167 g/mol. The van der Waals surface area contributed by atoms with Gasteiger partial charge in [0.25, 0.3) is 0 Å². The Hall–Kier alpha value is -1.31. The molecule has 0 aliphatic heterocycles. The summed E-state index contributed by atoms with van der Waals surface area (Å²) in [5.41, 5.74) is 1.04. The van der Waals surface area contributed by atoms with E-state index in [1.54, 1.807) is 18.2 Å². The molecular formula is C11H13FO. The molecule has 0 N–H and O–H groups in total. The smallest absolute Gasteiger partial charge is 0.165 e. The number of rotatable bonds is 4. The molecule has 0 unspecified atom stereocenters. The largest absolute Gasteiger partial charge is 0.490 e. The van der Waals surface area contributed by atoms with Gasteiger partial charge in [0.2, 0.25) is 0 Å². The molecule has 0 saturated carbocycles. The molecule has 1 aromatic rings. The summed E-state index contributed by atoms with van der Waals surface area (Å²) in [6, 6.07) is 6.39. The van der Waals surface area contributed by atoms with E-state index in [9.17, 15) is 4.39 Å². The van der Waals surface area contributed by atoms with Crippen molar-refractivity contribution >= 4 is 0 Å². The third-order valence-electron chi connectivity index (χ3n) is 1.62. The molecule has 0 aliphatic rings. The van der Waals surface area contributed by atoms with Gasteiger partial charge in [-0.05, 0) is 19.1 Å². The van der Waals surface area contributed by atoms with Gasteiger partial charge in [0.1, 0.15) is 0 Å². The van der Waals surface area contributed by atoms with Crippen LogP contribution in [-0.4, -0.2) is 6.61 Å². The van der Waals surface area contributed by atoms with E-state index >= 15 is 0 Å². The van der Waals surface area contributed by atoms with Gasteiger partial charge < -0.3 is 4.74 Å². The summed E-state index contributed by atoms with van der Waals surface area (Å²) in [6.45, 7) is 6.14. The van der Waals surface area contributed by atoms with Crippen molar-refractivity contribution in [3.8, 4) is 5.75 Å². The van der Waals surface area contributed by atoms with Crippen LogP contribution in [0.25, 0.3) is 0 Å². The van der Waals surface area contributed by atoms with Crippen LogP contribution in [0.5, 0.6) is 5.75 Å². The predicted octanol–water partition coefficient (Wildman–Crippen LogP) is 3.17. The van der Waals surface area contributed by atoms with E-state index < -0.39 is 0 Å². The molecule has 0 amide bonds. The molecule has 0 radical (unpaired) electrons. The highest BCUT2D eigenvalue weighted by Gasteiger charge is 1.99. The maximum atomic E-state index is 13.0. The molecule has 1 nitrogen and oxygen atoms in total. The Morgan fingerprint density at radius 2 is 2.15 bits per heavy atom. The zero-order valence-corrected chi connectivity index (χ0v) is 7.72. The molecule has 1 rings (SSSR count). The van der Waals surface area contributed by atoms with Gasteiger partial charge in [-0.3, -0.25) is 0 Å². The van der Waals surface area contributed by atoms with Gasteiger partial charge in [0, 0.05) is 6.42 Å². The van der Waals surface area contributed by atoms with Crippen molar-refractivity contribution in [2.24, 2.45) is 0 Å². The van der Waals surface area contributed by atoms with Gasteiger partial charge in [0.05, 0.1) is 6.61 Å². The number of benzene rings is 1. The molecule has 0 spiro atoms. The molecule has 0 saturated heterocycles. The molecule has 0 bridgehead atoms. The average molecular weight is 180 g/mol. The molecule has 0 heterocycles. The normalized spacial score (nSPS) is 9.69. The quantitative estimate of drug-likeness (QED) is 0.646. The fourth-order valence-electron chi connectivity index (χ4n) is 0.897. The van der Waals surface area contributed by atoms with Crippen LogP contribution < -0.4 is 4.74 Å². The first kappa shape index (κ1) is 9.78. The van der Waals surface area contributed by atoms with Crippen molar-refractivity contribution < 1.29 is 9.13 Å². The summed E-state index contributed by atoms with van der Waals surface area (Å²) in [7, 11) is 0. The van der Waals surface area contributed by atoms with Gasteiger partial charge in [0.15, 0.2) is 11.6 Å². The highest BCUT2D eigenvalue weighted by atomic mass is 19.1. The topological polar surface area (TPSA) is 9.23 Å². The van der Waals surface area contributed by atoms with Crippen LogP contribution >= 0.6 is 0 Å². The van der Waals surface area contributed by atoms with Crippen LogP contribution in [0.4, 0.5) is 4.39 Å². The van der Waals surface area contributed by atoms with E-state index in [0.29, 0.717) is 12.4 Å². The minimum Gasteiger partial charge on any atom is -0.490 e. The van der Waals surface area contributed by atoms with Crippen molar-refractivity contribution in [3.63, 3.8) is 0 Å². The van der Waals surface area contributed by atoms with E-state index in [2.05, 4.69) is 6.58 Å². The van der Waals surface area contributed by atoms with Crippen molar-refractivity contribution in [2.75, 3.05) is 6.61 Å². The van der Waals surface area contributed by atoms with Gasteiger partial charge in [-0.2, -0.15) is 0 Å². The Balaban J connectivity index is 2.45. The standard InChI is InChI=1S/C11H13FO/c1-9(2)7-8-13-11-6-4-3-5-10(11)12/h3-6H,1,7-8H2,2H3. The lowest BCUT2D eigenvalue weighted by molar-refractivity contribution is 0.305. The Labute approximate surface area is 77.8 Å². The van der Waals surface area contributed by atoms with Crippen molar-refractivity contribution in [2.45, 2.75) is 13.3 Å². The summed E-state index contributed by atoms with van der Waals surface area (Å²) in [5.74, 6) is -0.00651. The fraction of sp³-hybridized carbons (Fsp3) is 0.273. The molecule has 0 aliphatic carbocycles. The third kappa shape index (κ3) is 3.28. The van der Waals surface area contributed by atoms with Crippen molar-refractivity contribution in [1.82, 2.24) is 0 Å². The fourth-order valence-corrected chi connectivity index (χ4v) is 0.897. The molecule has 0 atom stereocenters. The lowest BCUT2D eigenvalue weighted by Crippen LogP contribution is -1.98. The first-order valence-electron chi connectivity index (χ1n) is 4.22. The number of ether oxygens (including phenoxy) is 1. The number of hydrogen-bond acceptors (Lipinski definition) is 1. The van der Waals surface area contributed by atoms with E-state index in [-0.39, 0.29) is 5.82 Å². The maximum Gasteiger partial charge on any atom is 0.165 e. The zero-order valence-electron chi connectivity index (χ0n) is 7.72. The van der Waals surface area contributed by atoms with E-state index in [0.717, 1.165) is 12.0 Å². The van der Waals surface area contributed by atoms with Crippen LogP contribution in [0, 0.1) is 5.82 Å². The molecule has 70 valence electrons. The molecule has 0 aromatic heterocycles. The summed E-state index contributed by atoms with van der Waals surface area (Å²) in [5, 5.41) is 0. The summed E-state index contributed by atoms with van der Waals surface area (Å²) >= 11 is 0. The number of para-hydroxylation sites is 1. The van der Waals surface area contributed by atoms with Crippen LogP contribution in [0.1, 0.15) is 13.3 Å². The molecule has 0 fully saturated rings. The predicted molar refractivity (Wildman–Crippen MR) is 51.3 cm³/mol. The maximum absolute atomic E-state index is 13.0. The summed E-state index contributed by atoms with van der Waals surface area (Å²) in [6.07, 6.45) is 0.758. The van der Waals surface area contributed by atoms with Gasteiger partial charge in [-0.25, -0.2) is 4.39 Å². The Morgan fingerprint density at radius 1 is 1.46 bits per heavy atom. The SMILES string of the molecule is C=C(C)CCOc1ccccc1F. The number of hydrogen-bond donors (Lipinski definition) is 0. The van der Waals surface area contributed by atoms with E-state index in [4.69, 9.17) is 4.74 Å². The van der Waals surface area contributed by atoms with Crippen LogP contribution in [-0.2, 0) is 0 Å². The van der Waals surface area contributed by atoms with Gasteiger partial charge >= 0.3 is 0 Å². The lowest BCUT2D eigenvalue weighted by Gasteiger charge is -2.05. The molecule has 13 heavy (non-hydrogen) atoms. The summed E-state index contributed by atoms with van der Waals surface area (Å²) < 4.78 is 18.2. The van der Waals surface area contributed by atoms with E-state index in [1.165, 1.54) is 6.07 Å². The number of halogens is 1. The Morgan fingerprint density at radius 3 is 2.77 bits per heavy atom. The first-order chi connectivity index (χ1) is 6.20.